The highest BCUT2D eigenvalue weighted by atomic mass is 16.5. The highest BCUT2D eigenvalue weighted by Crippen LogP contribution is 2.40. The quantitative estimate of drug-likeness (QED) is 0.844. The van der Waals surface area contributed by atoms with Crippen molar-refractivity contribution in [3.8, 4) is 5.75 Å². The maximum Gasteiger partial charge on any atom is 0.228 e. The molecule has 2 unspecified atom stereocenters. The van der Waals surface area contributed by atoms with Gasteiger partial charge >= 0.3 is 0 Å². The second-order valence-corrected chi connectivity index (χ2v) is 6.48. The van der Waals surface area contributed by atoms with Gasteiger partial charge in [0.05, 0.1) is 17.9 Å². The van der Waals surface area contributed by atoms with Gasteiger partial charge in [0, 0.05) is 11.4 Å². The van der Waals surface area contributed by atoms with Crippen molar-refractivity contribution in [2.24, 2.45) is 11.8 Å². The van der Waals surface area contributed by atoms with E-state index in [1.165, 1.54) is 0 Å². The lowest BCUT2D eigenvalue weighted by Crippen LogP contribution is -2.20. The molecule has 2 N–H and O–H groups in total. The minimum atomic E-state index is -0.268. The molecule has 0 spiro atoms. The SMILES string of the molecule is CC(C)Oc1ccc(NC(=O)C2CC2C(=O)Nc2ccccc2)cc1. The van der Waals surface area contributed by atoms with E-state index in [1.54, 1.807) is 12.1 Å². The lowest BCUT2D eigenvalue weighted by Gasteiger charge is -2.10. The summed E-state index contributed by atoms with van der Waals surface area (Å²) in [5.74, 6) is 0.0105. The molecule has 130 valence electrons. The Bertz CT molecular complexity index is 741. The lowest BCUT2D eigenvalue weighted by molar-refractivity contribution is -0.122. The van der Waals surface area contributed by atoms with Gasteiger partial charge in [-0.25, -0.2) is 0 Å². The first-order valence-corrected chi connectivity index (χ1v) is 8.46. The zero-order valence-electron chi connectivity index (χ0n) is 14.4. The van der Waals surface area contributed by atoms with E-state index in [1.807, 2.05) is 56.3 Å². The molecular weight excluding hydrogens is 316 g/mol. The summed E-state index contributed by atoms with van der Waals surface area (Å²) < 4.78 is 5.57. The number of ether oxygens (including phenoxy) is 1. The van der Waals surface area contributed by atoms with Crippen molar-refractivity contribution in [1.82, 2.24) is 0 Å². The van der Waals surface area contributed by atoms with E-state index < -0.39 is 0 Å². The molecule has 0 aliphatic heterocycles. The van der Waals surface area contributed by atoms with Crippen LogP contribution in [0.5, 0.6) is 5.75 Å². The Morgan fingerprint density at radius 1 is 0.880 bits per heavy atom. The van der Waals surface area contributed by atoms with Gasteiger partial charge in [-0.05, 0) is 56.7 Å². The van der Waals surface area contributed by atoms with Gasteiger partial charge in [-0.15, -0.1) is 0 Å². The number of nitrogens with one attached hydrogen (secondary N) is 2. The van der Waals surface area contributed by atoms with E-state index in [2.05, 4.69) is 10.6 Å². The van der Waals surface area contributed by atoms with Crippen molar-refractivity contribution in [1.29, 1.82) is 0 Å². The minimum Gasteiger partial charge on any atom is -0.491 e. The number of anilines is 2. The Kier molecular flexibility index (Phi) is 5.03. The molecule has 5 nitrogen and oxygen atoms in total. The predicted molar refractivity (Wildman–Crippen MR) is 97.5 cm³/mol. The average molecular weight is 338 g/mol. The van der Waals surface area contributed by atoms with Crippen LogP contribution in [0.25, 0.3) is 0 Å². The molecule has 1 aliphatic rings. The Morgan fingerprint density at radius 2 is 1.40 bits per heavy atom. The minimum absolute atomic E-state index is 0.105. The summed E-state index contributed by atoms with van der Waals surface area (Å²) in [6, 6.07) is 16.5. The van der Waals surface area contributed by atoms with Gasteiger partial charge < -0.3 is 15.4 Å². The zero-order chi connectivity index (χ0) is 17.8. The van der Waals surface area contributed by atoms with Crippen LogP contribution in [-0.4, -0.2) is 17.9 Å². The molecular formula is C20H22N2O3. The van der Waals surface area contributed by atoms with Crippen molar-refractivity contribution < 1.29 is 14.3 Å². The van der Waals surface area contributed by atoms with Crippen molar-refractivity contribution >= 4 is 23.2 Å². The second kappa shape index (κ2) is 7.38. The van der Waals surface area contributed by atoms with Crippen molar-refractivity contribution in [2.45, 2.75) is 26.4 Å². The third-order valence-corrected chi connectivity index (χ3v) is 4.00. The summed E-state index contributed by atoms with van der Waals surface area (Å²) in [5.41, 5.74) is 1.45. The molecule has 0 radical (unpaired) electrons. The third-order valence-electron chi connectivity index (χ3n) is 4.00. The van der Waals surface area contributed by atoms with E-state index in [0.29, 0.717) is 12.1 Å². The fraction of sp³-hybridized carbons (Fsp3) is 0.300. The predicted octanol–water partition coefficient (Wildman–Crippen LogP) is 3.69. The lowest BCUT2D eigenvalue weighted by atomic mass is 10.2. The van der Waals surface area contributed by atoms with E-state index in [0.717, 1.165) is 11.4 Å². The molecule has 5 heteroatoms. The first kappa shape index (κ1) is 17.0. The van der Waals surface area contributed by atoms with Gasteiger partial charge in [0.25, 0.3) is 0 Å². The molecule has 0 heterocycles. The molecule has 1 fully saturated rings. The Balaban J connectivity index is 1.50. The van der Waals surface area contributed by atoms with Crippen LogP contribution in [0, 0.1) is 11.8 Å². The van der Waals surface area contributed by atoms with E-state index in [4.69, 9.17) is 4.74 Å². The average Bonchev–Trinajstić information content (AvgIpc) is 3.38. The van der Waals surface area contributed by atoms with Crippen molar-refractivity contribution in [3.05, 3.63) is 54.6 Å². The standard InChI is InChI=1S/C20H22N2O3/c1-13(2)25-16-10-8-15(9-11-16)22-20(24)18-12-17(18)19(23)21-14-6-4-3-5-7-14/h3-11,13,17-18H,12H2,1-2H3,(H,21,23)(H,22,24). The summed E-state index contributed by atoms with van der Waals surface area (Å²) in [4.78, 5) is 24.5. The first-order valence-electron chi connectivity index (χ1n) is 8.46. The van der Waals surface area contributed by atoms with Gasteiger partial charge in [0.1, 0.15) is 5.75 Å². The topological polar surface area (TPSA) is 67.4 Å². The molecule has 1 aliphatic carbocycles. The number of carbonyl (C=O) groups excluding carboxylic acids is 2. The molecule has 0 saturated heterocycles. The van der Waals surface area contributed by atoms with Gasteiger partial charge in [-0.2, -0.15) is 0 Å². The molecule has 2 aromatic carbocycles. The molecule has 0 bridgehead atoms. The molecule has 25 heavy (non-hydrogen) atoms. The highest BCUT2D eigenvalue weighted by Gasteiger charge is 2.48. The third kappa shape index (κ3) is 4.59. The van der Waals surface area contributed by atoms with E-state index in [-0.39, 0.29) is 29.8 Å². The fourth-order valence-corrected chi connectivity index (χ4v) is 2.65. The number of rotatable bonds is 6. The molecule has 2 atom stereocenters. The molecule has 2 aromatic rings. The summed E-state index contributed by atoms with van der Waals surface area (Å²) in [5, 5.41) is 5.70. The summed E-state index contributed by atoms with van der Waals surface area (Å²) in [7, 11) is 0. The normalized spacial score (nSPS) is 18.5. The van der Waals surface area contributed by atoms with Crippen LogP contribution in [0.15, 0.2) is 54.6 Å². The number of amides is 2. The van der Waals surface area contributed by atoms with Crippen LogP contribution in [0.2, 0.25) is 0 Å². The number of hydrogen-bond donors (Lipinski definition) is 2. The van der Waals surface area contributed by atoms with Crippen LogP contribution in [0.1, 0.15) is 20.3 Å². The number of para-hydroxylation sites is 1. The first-order chi connectivity index (χ1) is 12.0. The Hall–Kier alpha value is -2.82. The molecule has 3 rings (SSSR count). The molecule has 0 aromatic heterocycles. The largest absolute Gasteiger partial charge is 0.491 e. The van der Waals surface area contributed by atoms with Gasteiger partial charge in [0.15, 0.2) is 0 Å². The van der Waals surface area contributed by atoms with E-state index in [9.17, 15) is 9.59 Å². The van der Waals surface area contributed by atoms with Crippen LogP contribution in [0.3, 0.4) is 0 Å². The van der Waals surface area contributed by atoms with Gasteiger partial charge in [-0.3, -0.25) is 9.59 Å². The summed E-state index contributed by atoms with van der Waals surface area (Å²) in [6.07, 6.45) is 0.690. The smallest absolute Gasteiger partial charge is 0.228 e. The van der Waals surface area contributed by atoms with Crippen molar-refractivity contribution in [2.75, 3.05) is 10.6 Å². The number of benzene rings is 2. The maximum atomic E-state index is 12.3. The Labute approximate surface area is 147 Å². The number of carbonyl (C=O) groups is 2. The number of hydrogen-bond acceptors (Lipinski definition) is 3. The maximum absolute atomic E-state index is 12.3. The summed E-state index contributed by atoms with van der Waals surface area (Å²) >= 11 is 0. The molecule has 2 amide bonds. The Morgan fingerprint density at radius 3 is 1.92 bits per heavy atom. The van der Waals surface area contributed by atoms with Gasteiger partial charge in [0.2, 0.25) is 11.8 Å². The molecule has 1 saturated carbocycles. The monoisotopic (exact) mass is 338 g/mol. The highest BCUT2D eigenvalue weighted by molar-refractivity contribution is 6.03. The van der Waals surface area contributed by atoms with Crippen LogP contribution in [0.4, 0.5) is 11.4 Å². The summed E-state index contributed by atoms with van der Waals surface area (Å²) in [6.45, 7) is 3.92. The zero-order valence-corrected chi connectivity index (χ0v) is 14.4. The van der Waals surface area contributed by atoms with Gasteiger partial charge in [-0.1, -0.05) is 18.2 Å². The van der Waals surface area contributed by atoms with Crippen LogP contribution < -0.4 is 15.4 Å². The second-order valence-electron chi connectivity index (χ2n) is 6.48. The van der Waals surface area contributed by atoms with E-state index >= 15 is 0 Å². The van der Waals surface area contributed by atoms with Crippen molar-refractivity contribution in [3.63, 3.8) is 0 Å². The van der Waals surface area contributed by atoms with Crippen LogP contribution >= 0.6 is 0 Å². The fourth-order valence-electron chi connectivity index (χ4n) is 2.65. The van der Waals surface area contributed by atoms with Crippen LogP contribution in [-0.2, 0) is 9.59 Å².